The third kappa shape index (κ3) is 5.47. The van der Waals surface area contributed by atoms with E-state index in [1.54, 1.807) is 38.2 Å². The smallest absolute Gasteiger partial charge is 0.270 e. The third-order valence-corrected chi connectivity index (χ3v) is 6.79. The molecule has 3 N–H and O–H groups in total. The van der Waals surface area contributed by atoms with Crippen LogP contribution >= 0.6 is 0 Å². The highest BCUT2D eigenvalue weighted by Crippen LogP contribution is 2.28. The number of rotatable bonds is 5. The van der Waals surface area contributed by atoms with Gasteiger partial charge in [-0.2, -0.15) is 0 Å². The summed E-state index contributed by atoms with van der Waals surface area (Å²) in [5.41, 5.74) is 0.261. The van der Waals surface area contributed by atoms with Crippen molar-refractivity contribution in [3.63, 3.8) is 0 Å². The van der Waals surface area contributed by atoms with E-state index in [0.29, 0.717) is 55.4 Å². The van der Waals surface area contributed by atoms with Crippen LogP contribution in [0.5, 0.6) is 0 Å². The molecule has 1 aromatic heterocycles. The molecule has 1 aliphatic heterocycles. The summed E-state index contributed by atoms with van der Waals surface area (Å²) < 4.78 is 14.8. The lowest BCUT2D eigenvalue weighted by atomic mass is 9.93. The molecule has 9 heteroatoms. The average molecular weight is 472 g/mol. The number of amides is 1. The first-order valence-corrected chi connectivity index (χ1v) is 12.0. The predicted molar refractivity (Wildman–Crippen MR) is 128 cm³/mol. The maximum Gasteiger partial charge on any atom is 0.270 e. The van der Waals surface area contributed by atoms with E-state index in [2.05, 4.69) is 15.3 Å². The van der Waals surface area contributed by atoms with Crippen molar-refractivity contribution >= 4 is 17.5 Å². The molecule has 1 amide bonds. The molecule has 8 nitrogen and oxygen atoms in total. The average Bonchev–Trinajstić information content (AvgIpc) is 2.80. The largest absolute Gasteiger partial charge is 0.393 e. The zero-order chi connectivity index (χ0) is 24.5. The molecule has 2 aliphatic rings. The Bertz CT molecular complexity index is 1020. The van der Waals surface area contributed by atoms with Gasteiger partial charge >= 0.3 is 0 Å². The summed E-state index contributed by atoms with van der Waals surface area (Å²) in [7, 11) is 0. The Morgan fingerprint density at radius 3 is 2.56 bits per heavy atom. The van der Waals surface area contributed by atoms with Gasteiger partial charge in [-0.05, 0) is 70.2 Å². The summed E-state index contributed by atoms with van der Waals surface area (Å²) >= 11 is 0. The molecule has 34 heavy (non-hydrogen) atoms. The predicted octanol–water partition coefficient (Wildman–Crippen LogP) is 2.59. The highest BCUT2D eigenvalue weighted by molar-refractivity contribution is 5.92. The third-order valence-electron chi connectivity index (χ3n) is 6.79. The van der Waals surface area contributed by atoms with Crippen molar-refractivity contribution in [2.45, 2.75) is 70.2 Å². The molecule has 0 spiro atoms. The number of nitrogens with zero attached hydrogens (tertiary/aromatic N) is 4. The number of benzene rings is 1. The van der Waals surface area contributed by atoms with Gasteiger partial charge in [-0.15, -0.1) is 0 Å². The molecule has 2 aromatic rings. The number of carbonyl (C=O) groups is 1. The highest BCUT2D eigenvalue weighted by Gasteiger charge is 2.29. The fourth-order valence-corrected chi connectivity index (χ4v) is 4.71. The van der Waals surface area contributed by atoms with Crippen LogP contribution in [0.15, 0.2) is 30.5 Å². The van der Waals surface area contributed by atoms with Gasteiger partial charge < -0.3 is 25.3 Å². The number of halogens is 1. The summed E-state index contributed by atoms with van der Waals surface area (Å²) in [6, 6.07) is 6.53. The lowest BCUT2D eigenvalue weighted by Gasteiger charge is -2.41. The van der Waals surface area contributed by atoms with E-state index in [0.717, 1.165) is 12.8 Å². The molecular weight excluding hydrogens is 437 g/mol. The molecular formula is C25H34FN5O3. The van der Waals surface area contributed by atoms with Gasteiger partial charge in [0, 0.05) is 37.9 Å². The van der Waals surface area contributed by atoms with Gasteiger partial charge in [-0.1, -0.05) is 6.07 Å². The Balaban J connectivity index is 1.41. The number of hydrogen-bond donors (Lipinski definition) is 3. The molecule has 1 atom stereocenters. The van der Waals surface area contributed by atoms with E-state index in [1.807, 2.05) is 16.7 Å². The van der Waals surface area contributed by atoms with Crippen LogP contribution in [-0.2, 0) is 5.60 Å². The van der Waals surface area contributed by atoms with Crippen LogP contribution in [-0.4, -0.2) is 63.9 Å². The number of aliphatic hydroxyl groups excluding tert-OH is 1. The molecule has 1 saturated carbocycles. The minimum atomic E-state index is -1.10. The molecule has 4 rings (SSSR count). The fraction of sp³-hybridized carbons (Fsp3) is 0.560. The Morgan fingerprint density at radius 2 is 1.91 bits per heavy atom. The molecule has 2 heterocycles. The van der Waals surface area contributed by atoms with Crippen molar-refractivity contribution in [2.24, 2.45) is 0 Å². The van der Waals surface area contributed by atoms with Crippen molar-refractivity contribution in [1.29, 1.82) is 0 Å². The lowest BCUT2D eigenvalue weighted by Crippen LogP contribution is -2.53. The summed E-state index contributed by atoms with van der Waals surface area (Å²) in [5.74, 6) is -0.104. The minimum absolute atomic E-state index is 0.000234. The zero-order valence-corrected chi connectivity index (χ0v) is 20.0. The number of aliphatic hydroxyl groups is 2. The zero-order valence-electron chi connectivity index (χ0n) is 20.0. The summed E-state index contributed by atoms with van der Waals surface area (Å²) in [6.45, 7) is 7.03. The van der Waals surface area contributed by atoms with Gasteiger partial charge in [0.2, 0.25) is 5.95 Å². The van der Waals surface area contributed by atoms with Crippen LogP contribution in [0.25, 0.3) is 0 Å². The van der Waals surface area contributed by atoms with Gasteiger partial charge in [0.25, 0.3) is 5.91 Å². The normalized spacial score (nSPS) is 23.6. The summed E-state index contributed by atoms with van der Waals surface area (Å²) in [6.07, 6.45) is 4.24. The SMILES string of the molecule is C[C@@H]1CN(c2ccc(C(C)(C)O)cc2F)CCN1c1nccc(C(=O)NC2CCC(O)CC2)n1. The van der Waals surface area contributed by atoms with E-state index in [1.165, 1.54) is 6.07 Å². The van der Waals surface area contributed by atoms with Crippen molar-refractivity contribution in [1.82, 2.24) is 15.3 Å². The van der Waals surface area contributed by atoms with Crippen LogP contribution in [0.3, 0.4) is 0 Å². The van der Waals surface area contributed by atoms with Crippen molar-refractivity contribution in [3.8, 4) is 0 Å². The van der Waals surface area contributed by atoms with Crippen LogP contribution in [0.4, 0.5) is 16.0 Å². The topological polar surface area (TPSA) is 102 Å². The van der Waals surface area contributed by atoms with E-state index < -0.39 is 5.60 Å². The van der Waals surface area contributed by atoms with Crippen molar-refractivity contribution in [2.75, 3.05) is 29.4 Å². The van der Waals surface area contributed by atoms with E-state index >= 15 is 0 Å². The van der Waals surface area contributed by atoms with E-state index in [-0.39, 0.29) is 29.9 Å². The first-order chi connectivity index (χ1) is 16.1. The Morgan fingerprint density at radius 1 is 1.18 bits per heavy atom. The number of carbonyl (C=O) groups excluding carboxylic acids is 1. The first kappa shape index (κ1) is 24.3. The van der Waals surface area contributed by atoms with Gasteiger partial charge in [0.1, 0.15) is 11.5 Å². The first-order valence-electron chi connectivity index (χ1n) is 12.0. The molecule has 1 aliphatic carbocycles. The number of nitrogens with one attached hydrogen (secondary N) is 1. The molecule has 0 unspecified atom stereocenters. The second-order valence-electron chi connectivity index (χ2n) is 9.93. The standard InChI is InChI=1S/C25H34FN5O3/c1-16-15-30(22-9-4-17(14-20(22)26)25(2,3)34)12-13-31(16)24-27-11-10-21(29-24)23(33)28-18-5-7-19(32)8-6-18/h4,9-11,14,16,18-19,32,34H,5-8,12-13,15H2,1-3H3,(H,28,33)/t16-,18?,19?/m1/s1. The summed E-state index contributed by atoms with van der Waals surface area (Å²) in [5, 5.41) is 22.8. The fourth-order valence-electron chi connectivity index (χ4n) is 4.71. The molecule has 1 saturated heterocycles. The van der Waals surface area contributed by atoms with Crippen LogP contribution in [0.1, 0.15) is 62.5 Å². The van der Waals surface area contributed by atoms with Gasteiger partial charge in [0.05, 0.1) is 17.4 Å². The Hall–Kier alpha value is -2.78. The molecule has 0 bridgehead atoms. The van der Waals surface area contributed by atoms with Crippen LogP contribution < -0.4 is 15.1 Å². The highest BCUT2D eigenvalue weighted by atomic mass is 19.1. The number of hydrogen-bond acceptors (Lipinski definition) is 7. The Labute approximate surface area is 199 Å². The van der Waals surface area contributed by atoms with E-state index in [4.69, 9.17) is 0 Å². The second kappa shape index (κ2) is 9.84. The van der Waals surface area contributed by atoms with Gasteiger partial charge in [0.15, 0.2) is 0 Å². The second-order valence-corrected chi connectivity index (χ2v) is 9.93. The number of piperazine rings is 1. The minimum Gasteiger partial charge on any atom is -0.393 e. The van der Waals surface area contributed by atoms with Crippen molar-refractivity contribution in [3.05, 3.63) is 47.5 Å². The van der Waals surface area contributed by atoms with Gasteiger partial charge in [-0.3, -0.25) is 4.79 Å². The molecule has 0 radical (unpaired) electrons. The molecule has 2 fully saturated rings. The monoisotopic (exact) mass is 471 g/mol. The quantitative estimate of drug-likeness (QED) is 0.616. The van der Waals surface area contributed by atoms with Gasteiger partial charge in [-0.25, -0.2) is 14.4 Å². The van der Waals surface area contributed by atoms with Crippen molar-refractivity contribution < 1.29 is 19.4 Å². The summed E-state index contributed by atoms with van der Waals surface area (Å²) in [4.78, 5) is 25.7. The maximum absolute atomic E-state index is 14.8. The lowest BCUT2D eigenvalue weighted by molar-refractivity contribution is 0.0782. The molecule has 1 aromatic carbocycles. The number of anilines is 2. The maximum atomic E-state index is 14.8. The molecule has 184 valence electrons. The van der Waals surface area contributed by atoms with Crippen LogP contribution in [0.2, 0.25) is 0 Å². The van der Waals surface area contributed by atoms with E-state index in [9.17, 15) is 19.4 Å². The van der Waals surface area contributed by atoms with Crippen LogP contribution in [0, 0.1) is 5.82 Å². The number of aromatic nitrogens is 2. The Kier molecular flexibility index (Phi) is 7.04.